The van der Waals surface area contributed by atoms with Gasteiger partial charge in [0.25, 0.3) is 0 Å². The molecule has 1 aliphatic rings. The molecule has 2 N–H and O–H groups in total. The number of hydrogen-bond donors (Lipinski definition) is 2. The number of nitrogens with one attached hydrogen (secondary N) is 2. The topological polar surface area (TPSA) is 24.1 Å². The third-order valence-electron chi connectivity index (χ3n) is 2.69. The van der Waals surface area contributed by atoms with Gasteiger partial charge in [-0.05, 0) is 51.2 Å². The minimum absolute atomic E-state index is 0.670. The van der Waals surface area contributed by atoms with Crippen LogP contribution in [0.5, 0.6) is 0 Å². The van der Waals surface area contributed by atoms with E-state index in [1.807, 2.05) is 7.05 Å². The Morgan fingerprint density at radius 3 is 2.42 bits per heavy atom. The molecule has 1 fully saturated rings. The van der Waals surface area contributed by atoms with Gasteiger partial charge in [0.2, 0.25) is 0 Å². The minimum atomic E-state index is 0.670. The first-order chi connectivity index (χ1) is 5.77. The molecule has 2 heteroatoms. The molecular formula is C10H22N2. The van der Waals surface area contributed by atoms with Crippen LogP contribution >= 0.6 is 0 Å². The van der Waals surface area contributed by atoms with Gasteiger partial charge in [0.15, 0.2) is 0 Å². The minimum Gasteiger partial charge on any atom is -0.320 e. The molecule has 0 bridgehead atoms. The highest BCUT2D eigenvalue weighted by molar-refractivity contribution is 4.90. The molecule has 0 heterocycles. The van der Waals surface area contributed by atoms with Crippen LogP contribution in [0.4, 0.5) is 0 Å². The van der Waals surface area contributed by atoms with Crippen molar-refractivity contribution < 1.29 is 0 Å². The summed E-state index contributed by atoms with van der Waals surface area (Å²) >= 11 is 0. The lowest BCUT2D eigenvalue weighted by Gasteiger charge is -2.09. The summed E-state index contributed by atoms with van der Waals surface area (Å²) in [5, 5.41) is 6.68. The van der Waals surface area contributed by atoms with Crippen molar-refractivity contribution in [2.45, 2.75) is 32.6 Å². The van der Waals surface area contributed by atoms with Gasteiger partial charge in [-0.15, -0.1) is 0 Å². The van der Waals surface area contributed by atoms with Gasteiger partial charge < -0.3 is 10.6 Å². The molecule has 0 spiro atoms. The normalized spacial score (nSPS) is 19.5. The molecule has 1 aliphatic carbocycles. The number of rotatable bonds is 7. The van der Waals surface area contributed by atoms with Gasteiger partial charge in [-0.25, -0.2) is 0 Å². The van der Waals surface area contributed by atoms with Crippen molar-refractivity contribution >= 4 is 0 Å². The first-order valence-corrected chi connectivity index (χ1v) is 5.12. The Labute approximate surface area is 76.1 Å². The van der Waals surface area contributed by atoms with Crippen molar-refractivity contribution in [1.29, 1.82) is 0 Å². The second-order valence-corrected chi connectivity index (χ2v) is 4.30. The molecule has 0 amide bonds. The highest BCUT2D eigenvalue weighted by atomic mass is 14.9. The van der Waals surface area contributed by atoms with Gasteiger partial charge >= 0.3 is 0 Å². The van der Waals surface area contributed by atoms with Gasteiger partial charge in [-0.1, -0.05) is 6.92 Å². The zero-order valence-corrected chi connectivity index (χ0v) is 8.45. The molecule has 0 atom stereocenters. The molecule has 1 saturated carbocycles. The Balaban J connectivity index is 1.77. The second-order valence-electron chi connectivity index (χ2n) is 4.30. The van der Waals surface area contributed by atoms with Crippen LogP contribution in [0.1, 0.15) is 32.6 Å². The summed E-state index contributed by atoms with van der Waals surface area (Å²) in [4.78, 5) is 0. The SMILES string of the molecule is CNCCCCNCC1(C)CC1. The number of unbranched alkanes of at least 4 members (excludes halogenated alkanes) is 1. The smallest absolute Gasteiger partial charge is 0.000517 e. The average Bonchev–Trinajstić information content (AvgIpc) is 2.77. The fraction of sp³-hybridized carbons (Fsp3) is 1.00. The first kappa shape index (κ1) is 10.0. The van der Waals surface area contributed by atoms with E-state index >= 15 is 0 Å². The molecule has 0 aromatic rings. The highest BCUT2D eigenvalue weighted by Gasteiger charge is 2.36. The fourth-order valence-corrected chi connectivity index (χ4v) is 1.33. The quantitative estimate of drug-likeness (QED) is 0.564. The van der Waals surface area contributed by atoms with Crippen molar-refractivity contribution in [2.24, 2.45) is 5.41 Å². The van der Waals surface area contributed by atoms with E-state index < -0.39 is 0 Å². The van der Waals surface area contributed by atoms with Crippen LogP contribution in [-0.2, 0) is 0 Å². The van der Waals surface area contributed by atoms with Gasteiger partial charge in [0.05, 0.1) is 0 Å². The third kappa shape index (κ3) is 4.07. The van der Waals surface area contributed by atoms with Crippen molar-refractivity contribution in [3.8, 4) is 0 Å². The molecule has 0 saturated heterocycles. The van der Waals surface area contributed by atoms with E-state index in [9.17, 15) is 0 Å². The molecule has 2 nitrogen and oxygen atoms in total. The monoisotopic (exact) mass is 170 g/mol. The Hall–Kier alpha value is -0.0800. The van der Waals surface area contributed by atoms with Crippen LogP contribution in [0.2, 0.25) is 0 Å². The van der Waals surface area contributed by atoms with Crippen LogP contribution in [0.25, 0.3) is 0 Å². The van der Waals surface area contributed by atoms with Crippen molar-refractivity contribution in [2.75, 3.05) is 26.7 Å². The van der Waals surface area contributed by atoms with E-state index in [4.69, 9.17) is 0 Å². The number of hydrogen-bond acceptors (Lipinski definition) is 2. The van der Waals surface area contributed by atoms with Gasteiger partial charge in [-0.2, -0.15) is 0 Å². The van der Waals surface area contributed by atoms with Crippen LogP contribution < -0.4 is 10.6 Å². The van der Waals surface area contributed by atoms with Crippen LogP contribution in [-0.4, -0.2) is 26.7 Å². The van der Waals surface area contributed by atoms with Crippen LogP contribution in [0.3, 0.4) is 0 Å². The Morgan fingerprint density at radius 1 is 1.17 bits per heavy atom. The lowest BCUT2D eigenvalue weighted by molar-refractivity contribution is 0.489. The molecule has 0 radical (unpaired) electrons. The fourth-order valence-electron chi connectivity index (χ4n) is 1.33. The predicted octanol–water partition coefficient (Wildman–Crippen LogP) is 1.38. The third-order valence-corrected chi connectivity index (χ3v) is 2.69. The molecule has 1 rings (SSSR count). The molecule has 0 aromatic heterocycles. The average molecular weight is 170 g/mol. The van der Waals surface area contributed by atoms with Crippen molar-refractivity contribution in [3.05, 3.63) is 0 Å². The van der Waals surface area contributed by atoms with E-state index in [2.05, 4.69) is 17.6 Å². The Bertz CT molecular complexity index is 119. The zero-order valence-electron chi connectivity index (χ0n) is 8.45. The summed E-state index contributed by atoms with van der Waals surface area (Å²) in [7, 11) is 2.01. The maximum absolute atomic E-state index is 3.52. The molecule has 0 unspecified atom stereocenters. The molecular weight excluding hydrogens is 148 g/mol. The largest absolute Gasteiger partial charge is 0.320 e. The van der Waals surface area contributed by atoms with Gasteiger partial charge in [0.1, 0.15) is 0 Å². The van der Waals surface area contributed by atoms with Crippen molar-refractivity contribution in [3.63, 3.8) is 0 Å². The van der Waals surface area contributed by atoms with E-state index in [1.165, 1.54) is 38.8 Å². The van der Waals surface area contributed by atoms with Crippen molar-refractivity contribution in [1.82, 2.24) is 10.6 Å². The summed E-state index contributed by atoms with van der Waals surface area (Å²) in [6.45, 7) is 5.94. The summed E-state index contributed by atoms with van der Waals surface area (Å²) < 4.78 is 0. The standard InChI is InChI=1S/C10H22N2/c1-10(5-6-10)9-12-8-4-3-7-11-2/h11-12H,3-9H2,1-2H3. The molecule has 0 aliphatic heterocycles. The highest BCUT2D eigenvalue weighted by Crippen LogP contribution is 2.43. The lowest BCUT2D eigenvalue weighted by atomic mass is 10.1. The summed E-state index contributed by atoms with van der Waals surface area (Å²) in [5.74, 6) is 0. The van der Waals surface area contributed by atoms with E-state index in [0.29, 0.717) is 5.41 Å². The predicted molar refractivity (Wildman–Crippen MR) is 53.4 cm³/mol. The molecule has 72 valence electrons. The van der Waals surface area contributed by atoms with E-state index in [0.717, 1.165) is 6.54 Å². The summed E-state index contributed by atoms with van der Waals surface area (Å²) in [6.07, 6.45) is 5.45. The summed E-state index contributed by atoms with van der Waals surface area (Å²) in [5.41, 5.74) is 0.670. The van der Waals surface area contributed by atoms with Gasteiger partial charge in [0, 0.05) is 6.54 Å². The first-order valence-electron chi connectivity index (χ1n) is 5.12. The molecule has 12 heavy (non-hydrogen) atoms. The maximum atomic E-state index is 3.52. The maximum Gasteiger partial charge on any atom is 0.000517 e. The van der Waals surface area contributed by atoms with Gasteiger partial charge in [-0.3, -0.25) is 0 Å². The van der Waals surface area contributed by atoms with Crippen LogP contribution in [0.15, 0.2) is 0 Å². The lowest BCUT2D eigenvalue weighted by Crippen LogP contribution is -2.23. The Kier molecular flexibility index (Phi) is 4.02. The molecule has 0 aromatic carbocycles. The Morgan fingerprint density at radius 2 is 1.83 bits per heavy atom. The van der Waals surface area contributed by atoms with E-state index in [1.54, 1.807) is 0 Å². The van der Waals surface area contributed by atoms with Crippen LogP contribution in [0, 0.1) is 5.41 Å². The zero-order chi connectivity index (χ0) is 8.86. The second kappa shape index (κ2) is 4.83. The summed E-state index contributed by atoms with van der Waals surface area (Å²) in [6, 6.07) is 0. The van der Waals surface area contributed by atoms with E-state index in [-0.39, 0.29) is 0 Å².